The fourth-order valence-corrected chi connectivity index (χ4v) is 3.75. The maximum atomic E-state index is 11.9. The summed E-state index contributed by atoms with van der Waals surface area (Å²) in [5.41, 5.74) is 1.16. The van der Waals surface area contributed by atoms with Crippen molar-refractivity contribution in [1.29, 1.82) is 0 Å². The number of carbonyl (C=O) groups is 1. The fourth-order valence-electron chi connectivity index (χ4n) is 3.75. The number of unbranched alkanes of at least 4 members (excludes halogenated alkanes) is 11. The summed E-state index contributed by atoms with van der Waals surface area (Å²) < 4.78 is 5.38. The van der Waals surface area contributed by atoms with Gasteiger partial charge in [-0.25, -0.2) is 0 Å². The normalized spacial score (nSPS) is 12.3. The van der Waals surface area contributed by atoms with Crippen LogP contribution in [0.3, 0.4) is 0 Å². The van der Waals surface area contributed by atoms with Crippen LogP contribution in [0.5, 0.6) is 0 Å². The van der Waals surface area contributed by atoms with Gasteiger partial charge in [0.05, 0.1) is 6.61 Å². The molecule has 0 aliphatic carbocycles. The van der Waals surface area contributed by atoms with Crippen molar-refractivity contribution in [2.45, 2.75) is 103 Å². The molecule has 1 aromatic rings. The van der Waals surface area contributed by atoms with Gasteiger partial charge in [0, 0.05) is 18.9 Å². The number of rotatable bonds is 20. The van der Waals surface area contributed by atoms with E-state index in [0.29, 0.717) is 13.0 Å². The SMILES string of the molecule is CCCCCCCC/C=C\CCCCCCCC(=O)OC[C@@H](CO)Cc1ccccc1. The number of benzene rings is 1. The van der Waals surface area contributed by atoms with E-state index in [4.69, 9.17) is 4.74 Å². The highest BCUT2D eigenvalue weighted by atomic mass is 16.5. The van der Waals surface area contributed by atoms with Crippen molar-refractivity contribution in [3.8, 4) is 0 Å². The molecule has 0 fully saturated rings. The molecule has 0 aliphatic rings. The van der Waals surface area contributed by atoms with Gasteiger partial charge in [0.2, 0.25) is 0 Å². The van der Waals surface area contributed by atoms with E-state index in [1.165, 1.54) is 70.6 Å². The Hall–Kier alpha value is -1.61. The summed E-state index contributed by atoms with van der Waals surface area (Å²) in [6.07, 6.45) is 22.2. The van der Waals surface area contributed by atoms with E-state index in [2.05, 4.69) is 19.1 Å². The van der Waals surface area contributed by atoms with Gasteiger partial charge in [0.15, 0.2) is 0 Å². The molecule has 1 aromatic carbocycles. The number of aliphatic hydroxyl groups excluding tert-OH is 1. The first-order valence-electron chi connectivity index (χ1n) is 12.7. The standard InChI is InChI=1S/C28H46O3/c1-2-3-4-5-6-7-8-9-10-11-12-13-14-15-19-22-28(30)31-25-27(24-29)23-26-20-17-16-18-21-26/h9-10,16-18,20-21,27,29H,2-8,11-15,19,22-25H2,1H3/b10-9-/t27-/m1/s1. The van der Waals surface area contributed by atoms with E-state index >= 15 is 0 Å². The van der Waals surface area contributed by atoms with Crippen LogP contribution in [0.25, 0.3) is 0 Å². The summed E-state index contributed by atoms with van der Waals surface area (Å²) in [6.45, 7) is 2.60. The molecule has 0 radical (unpaired) electrons. The molecule has 0 aromatic heterocycles. The average Bonchev–Trinajstić information content (AvgIpc) is 2.79. The lowest BCUT2D eigenvalue weighted by Crippen LogP contribution is -2.19. The lowest BCUT2D eigenvalue weighted by atomic mass is 10.0. The van der Waals surface area contributed by atoms with E-state index < -0.39 is 0 Å². The summed E-state index contributed by atoms with van der Waals surface area (Å²) >= 11 is 0. The van der Waals surface area contributed by atoms with Crippen molar-refractivity contribution < 1.29 is 14.6 Å². The molecule has 176 valence electrons. The summed E-state index contributed by atoms with van der Waals surface area (Å²) in [7, 11) is 0. The zero-order chi connectivity index (χ0) is 22.4. The molecule has 1 atom stereocenters. The predicted molar refractivity (Wildman–Crippen MR) is 131 cm³/mol. The van der Waals surface area contributed by atoms with Gasteiger partial charge in [0.1, 0.15) is 0 Å². The Morgan fingerprint density at radius 2 is 1.45 bits per heavy atom. The van der Waals surface area contributed by atoms with Gasteiger partial charge in [-0.1, -0.05) is 101 Å². The number of hydrogen-bond donors (Lipinski definition) is 1. The third-order valence-electron chi connectivity index (χ3n) is 5.75. The third kappa shape index (κ3) is 16.7. The zero-order valence-corrected chi connectivity index (χ0v) is 19.9. The highest BCUT2D eigenvalue weighted by Gasteiger charge is 2.12. The lowest BCUT2D eigenvalue weighted by molar-refractivity contribution is -0.145. The second-order valence-electron chi connectivity index (χ2n) is 8.76. The second-order valence-corrected chi connectivity index (χ2v) is 8.76. The number of allylic oxidation sites excluding steroid dienone is 2. The smallest absolute Gasteiger partial charge is 0.305 e. The van der Waals surface area contributed by atoms with Crippen LogP contribution in [0.4, 0.5) is 0 Å². The van der Waals surface area contributed by atoms with Crippen LogP contribution in [-0.2, 0) is 16.0 Å². The topological polar surface area (TPSA) is 46.5 Å². The summed E-state index contributed by atoms with van der Waals surface area (Å²) in [6, 6.07) is 10.0. The van der Waals surface area contributed by atoms with E-state index in [0.717, 1.165) is 24.8 Å². The highest BCUT2D eigenvalue weighted by Crippen LogP contribution is 2.12. The molecular weight excluding hydrogens is 384 g/mol. The van der Waals surface area contributed by atoms with Gasteiger partial charge in [-0.3, -0.25) is 4.79 Å². The third-order valence-corrected chi connectivity index (χ3v) is 5.75. The summed E-state index contributed by atoms with van der Waals surface area (Å²) in [5.74, 6) is -0.162. The number of hydrogen-bond acceptors (Lipinski definition) is 3. The zero-order valence-electron chi connectivity index (χ0n) is 19.9. The van der Waals surface area contributed by atoms with Gasteiger partial charge >= 0.3 is 5.97 Å². The van der Waals surface area contributed by atoms with Crippen LogP contribution < -0.4 is 0 Å². The van der Waals surface area contributed by atoms with E-state index in [-0.39, 0.29) is 18.5 Å². The molecule has 3 heteroatoms. The minimum atomic E-state index is -0.135. The molecule has 0 spiro atoms. The number of carbonyl (C=O) groups excluding carboxylic acids is 1. The van der Waals surface area contributed by atoms with Crippen molar-refractivity contribution >= 4 is 5.97 Å². The fraction of sp³-hybridized carbons (Fsp3) is 0.679. The van der Waals surface area contributed by atoms with Crippen LogP contribution >= 0.6 is 0 Å². The Labute approximate surface area is 191 Å². The van der Waals surface area contributed by atoms with Crippen LogP contribution in [0.2, 0.25) is 0 Å². The van der Waals surface area contributed by atoms with Gasteiger partial charge in [-0.15, -0.1) is 0 Å². The van der Waals surface area contributed by atoms with Crippen LogP contribution in [0, 0.1) is 5.92 Å². The Morgan fingerprint density at radius 1 is 0.871 bits per heavy atom. The van der Waals surface area contributed by atoms with Crippen molar-refractivity contribution in [3.63, 3.8) is 0 Å². The van der Waals surface area contributed by atoms with Gasteiger partial charge in [0.25, 0.3) is 0 Å². The molecule has 0 saturated carbocycles. The molecule has 0 amide bonds. The molecule has 3 nitrogen and oxygen atoms in total. The van der Waals surface area contributed by atoms with E-state index in [1.54, 1.807) is 0 Å². The van der Waals surface area contributed by atoms with Gasteiger partial charge in [-0.2, -0.15) is 0 Å². The summed E-state index contributed by atoms with van der Waals surface area (Å²) in [4.78, 5) is 11.9. The Morgan fingerprint density at radius 3 is 2.06 bits per heavy atom. The average molecular weight is 431 g/mol. The molecular formula is C28H46O3. The largest absolute Gasteiger partial charge is 0.465 e. The second kappa shape index (κ2) is 20.3. The minimum absolute atomic E-state index is 0.0273. The van der Waals surface area contributed by atoms with Crippen molar-refractivity contribution in [1.82, 2.24) is 0 Å². The quantitative estimate of drug-likeness (QED) is 0.133. The molecule has 0 saturated heterocycles. The minimum Gasteiger partial charge on any atom is -0.465 e. The lowest BCUT2D eigenvalue weighted by Gasteiger charge is -2.14. The van der Waals surface area contributed by atoms with E-state index in [9.17, 15) is 9.90 Å². The highest BCUT2D eigenvalue weighted by molar-refractivity contribution is 5.69. The van der Waals surface area contributed by atoms with Gasteiger partial charge in [-0.05, 0) is 44.1 Å². The van der Waals surface area contributed by atoms with E-state index in [1.807, 2.05) is 30.3 Å². The molecule has 0 heterocycles. The molecule has 1 rings (SSSR count). The predicted octanol–water partition coefficient (Wildman–Crippen LogP) is 7.42. The number of ether oxygens (including phenoxy) is 1. The molecule has 0 aliphatic heterocycles. The maximum absolute atomic E-state index is 11.9. The molecule has 1 N–H and O–H groups in total. The first-order chi connectivity index (χ1) is 15.3. The molecule has 0 unspecified atom stereocenters. The monoisotopic (exact) mass is 430 g/mol. The number of aliphatic hydroxyl groups is 1. The Bertz CT molecular complexity index is 553. The van der Waals surface area contributed by atoms with Crippen molar-refractivity contribution in [2.75, 3.05) is 13.2 Å². The molecule has 0 bridgehead atoms. The summed E-state index contributed by atoms with van der Waals surface area (Å²) in [5, 5.41) is 9.52. The van der Waals surface area contributed by atoms with Crippen molar-refractivity contribution in [3.05, 3.63) is 48.0 Å². The number of esters is 1. The first-order valence-corrected chi connectivity index (χ1v) is 12.7. The van der Waals surface area contributed by atoms with Crippen LogP contribution in [0.1, 0.15) is 102 Å². The van der Waals surface area contributed by atoms with Crippen LogP contribution in [-0.4, -0.2) is 24.3 Å². The first kappa shape index (κ1) is 27.4. The maximum Gasteiger partial charge on any atom is 0.305 e. The van der Waals surface area contributed by atoms with Gasteiger partial charge < -0.3 is 9.84 Å². The Kier molecular flexibility index (Phi) is 18.0. The Balaban J connectivity index is 1.91. The molecule has 31 heavy (non-hydrogen) atoms. The van der Waals surface area contributed by atoms with Crippen molar-refractivity contribution in [2.24, 2.45) is 5.92 Å². The van der Waals surface area contributed by atoms with Crippen LogP contribution in [0.15, 0.2) is 42.5 Å².